The number of imide groups is 1. The van der Waals surface area contributed by atoms with E-state index in [0.29, 0.717) is 0 Å². The summed E-state index contributed by atoms with van der Waals surface area (Å²) in [4.78, 5) is 46.8. The summed E-state index contributed by atoms with van der Waals surface area (Å²) in [5, 5.41) is 2.25. The molecule has 0 radical (unpaired) electrons. The van der Waals surface area contributed by atoms with Crippen molar-refractivity contribution in [3.8, 4) is 0 Å². The normalized spacial score (nSPS) is 33.2. The largest absolute Gasteiger partial charge is 0.463 e. The lowest BCUT2D eigenvalue weighted by Gasteiger charge is -2.35. The molecule has 10 heteroatoms. The van der Waals surface area contributed by atoms with Gasteiger partial charge in [0.25, 0.3) is 0 Å². The molecule has 0 aromatic rings. The summed E-state index contributed by atoms with van der Waals surface area (Å²) in [6.07, 6.45) is -2.24. The topological polar surface area (TPSA) is 111 Å². The fraction of sp³-hybridized carbons (Fsp3) is 0.714. The lowest BCUT2D eigenvalue weighted by Crippen LogP contribution is -2.58. The summed E-state index contributed by atoms with van der Waals surface area (Å²) in [6, 6.07) is -0.581. The van der Waals surface area contributed by atoms with E-state index in [1.54, 1.807) is 6.92 Å². The molecule has 24 heavy (non-hydrogen) atoms. The molecule has 2 saturated heterocycles. The fourth-order valence-corrected chi connectivity index (χ4v) is 3.45. The minimum atomic E-state index is -0.773. The first kappa shape index (κ1) is 18.7. The molecule has 0 bridgehead atoms. The number of esters is 2. The molecular formula is C14H19BrN2O7. The van der Waals surface area contributed by atoms with Crippen LogP contribution >= 0.6 is 15.9 Å². The number of carbonyl (C=O) groups is 4. The maximum atomic E-state index is 12.1. The molecule has 2 aliphatic heterocycles. The van der Waals surface area contributed by atoms with Gasteiger partial charge in [-0.1, -0.05) is 22.9 Å². The number of halogens is 1. The van der Waals surface area contributed by atoms with Gasteiger partial charge in [0.15, 0.2) is 6.23 Å². The van der Waals surface area contributed by atoms with E-state index in [1.807, 2.05) is 0 Å². The van der Waals surface area contributed by atoms with Gasteiger partial charge in [-0.05, 0) is 0 Å². The Kier molecular flexibility index (Phi) is 5.81. The Labute approximate surface area is 147 Å². The summed E-state index contributed by atoms with van der Waals surface area (Å²) in [5.41, 5.74) is 0. The van der Waals surface area contributed by atoms with Crippen LogP contribution in [0.3, 0.4) is 0 Å². The van der Waals surface area contributed by atoms with Crippen LogP contribution in [-0.2, 0) is 28.6 Å². The summed E-state index contributed by atoms with van der Waals surface area (Å²) < 4.78 is 16.0. The quantitative estimate of drug-likeness (QED) is 0.522. The molecule has 5 atom stereocenters. The summed E-state index contributed by atoms with van der Waals surface area (Å²) >= 11 is 3.40. The first-order valence-corrected chi connectivity index (χ1v) is 8.33. The second-order valence-corrected chi connectivity index (χ2v) is 6.79. The van der Waals surface area contributed by atoms with Crippen LogP contribution < -0.4 is 5.32 Å². The van der Waals surface area contributed by atoms with Crippen LogP contribution in [0.25, 0.3) is 0 Å². The average molecular weight is 407 g/mol. The van der Waals surface area contributed by atoms with Crippen molar-refractivity contribution in [2.45, 2.75) is 44.0 Å². The van der Waals surface area contributed by atoms with Crippen molar-refractivity contribution < 1.29 is 33.4 Å². The molecule has 2 aliphatic rings. The summed E-state index contributed by atoms with van der Waals surface area (Å²) in [5.74, 6) is -1.77. The maximum absolute atomic E-state index is 12.1. The van der Waals surface area contributed by atoms with Gasteiger partial charge in [0.2, 0.25) is 5.91 Å². The lowest BCUT2D eigenvalue weighted by atomic mass is 10.1. The SMILES string of the molecule is CC(=O)OCC1OC(N2CC(C)C(=O)NC2=O)C(Br)C1OC(C)=O. The van der Waals surface area contributed by atoms with E-state index in [4.69, 9.17) is 14.2 Å². The third kappa shape index (κ3) is 4.04. The predicted molar refractivity (Wildman–Crippen MR) is 83.0 cm³/mol. The molecule has 2 fully saturated rings. The van der Waals surface area contributed by atoms with Crippen molar-refractivity contribution in [1.82, 2.24) is 10.2 Å². The molecule has 9 nitrogen and oxygen atoms in total. The highest BCUT2D eigenvalue weighted by Crippen LogP contribution is 2.33. The molecule has 0 aliphatic carbocycles. The van der Waals surface area contributed by atoms with Crippen LogP contribution in [0.2, 0.25) is 0 Å². The monoisotopic (exact) mass is 406 g/mol. The van der Waals surface area contributed by atoms with Gasteiger partial charge in [-0.15, -0.1) is 0 Å². The number of nitrogens with one attached hydrogen (secondary N) is 1. The molecule has 0 aromatic carbocycles. The number of hydrogen-bond donors (Lipinski definition) is 1. The Morgan fingerprint density at radius 3 is 2.58 bits per heavy atom. The zero-order valence-corrected chi connectivity index (χ0v) is 15.1. The zero-order valence-electron chi connectivity index (χ0n) is 13.5. The Hall–Kier alpha value is -1.68. The Morgan fingerprint density at radius 1 is 1.33 bits per heavy atom. The second-order valence-electron chi connectivity index (χ2n) is 5.73. The molecule has 2 heterocycles. The minimum absolute atomic E-state index is 0.115. The Bertz CT molecular complexity index is 555. The number of nitrogens with zero attached hydrogens (tertiary/aromatic N) is 1. The van der Waals surface area contributed by atoms with Crippen LogP contribution in [0.5, 0.6) is 0 Å². The van der Waals surface area contributed by atoms with Crippen molar-refractivity contribution in [3.05, 3.63) is 0 Å². The van der Waals surface area contributed by atoms with Crippen molar-refractivity contribution in [3.63, 3.8) is 0 Å². The third-order valence-corrected chi connectivity index (χ3v) is 4.71. The molecule has 1 N–H and O–H groups in total. The zero-order chi connectivity index (χ0) is 18.0. The van der Waals surface area contributed by atoms with E-state index >= 15 is 0 Å². The third-order valence-electron chi connectivity index (χ3n) is 3.74. The van der Waals surface area contributed by atoms with Gasteiger partial charge in [0.1, 0.15) is 18.8 Å². The van der Waals surface area contributed by atoms with E-state index < -0.39 is 47.2 Å². The average Bonchev–Trinajstić information content (AvgIpc) is 2.77. The number of carbonyl (C=O) groups excluding carboxylic acids is 4. The smallest absolute Gasteiger partial charge is 0.326 e. The predicted octanol–water partition coefficient (Wildman–Crippen LogP) is 0.157. The highest BCUT2D eigenvalue weighted by atomic mass is 79.9. The first-order chi connectivity index (χ1) is 11.2. The van der Waals surface area contributed by atoms with Gasteiger partial charge in [-0.25, -0.2) is 4.79 Å². The van der Waals surface area contributed by atoms with E-state index in [-0.39, 0.29) is 19.1 Å². The number of rotatable bonds is 4. The standard InChI is InChI=1S/C14H19BrN2O7/c1-6-4-17(14(21)16-12(6)20)13-10(15)11(23-8(3)19)9(24-13)5-22-7(2)18/h6,9-11,13H,4-5H2,1-3H3,(H,16,20,21). The maximum Gasteiger partial charge on any atom is 0.326 e. The van der Waals surface area contributed by atoms with Gasteiger partial charge in [0, 0.05) is 20.4 Å². The number of ether oxygens (including phenoxy) is 3. The van der Waals surface area contributed by atoms with E-state index in [9.17, 15) is 19.2 Å². The molecule has 5 unspecified atom stereocenters. The van der Waals surface area contributed by atoms with Gasteiger partial charge in [-0.2, -0.15) is 0 Å². The van der Waals surface area contributed by atoms with Crippen LogP contribution in [0.1, 0.15) is 20.8 Å². The summed E-state index contributed by atoms with van der Waals surface area (Å²) in [6.45, 7) is 4.25. The highest BCUT2D eigenvalue weighted by molar-refractivity contribution is 9.09. The van der Waals surface area contributed by atoms with Gasteiger partial charge in [-0.3, -0.25) is 24.6 Å². The molecule has 0 aromatic heterocycles. The number of amides is 3. The van der Waals surface area contributed by atoms with Crippen molar-refractivity contribution in [2.24, 2.45) is 5.92 Å². The molecular weight excluding hydrogens is 388 g/mol. The first-order valence-electron chi connectivity index (χ1n) is 7.42. The van der Waals surface area contributed by atoms with Crippen molar-refractivity contribution in [2.75, 3.05) is 13.2 Å². The van der Waals surface area contributed by atoms with Gasteiger partial charge >= 0.3 is 18.0 Å². The summed E-state index contributed by atoms with van der Waals surface area (Å²) in [7, 11) is 0. The molecule has 0 spiro atoms. The lowest BCUT2D eigenvalue weighted by molar-refractivity contribution is -0.156. The van der Waals surface area contributed by atoms with Crippen molar-refractivity contribution >= 4 is 39.8 Å². The van der Waals surface area contributed by atoms with Gasteiger partial charge < -0.3 is 14.2 Å². The van der Waals surface area contributed by atoms with Crippen LogP contribution in [0.15, 0.2) is 0 Å². The fourth-order valence-electron chi connectivity index (χ4n) is 2.59. The highest BCUT2D eigenvalue weighted by Gasteiger charge is 2.51. The number of urea groups is 1. The van der Waals surface area contributed by atoms with E-state index in [0.717, 1.165) is 0 Å². The molecule has 0 saturated carbocycles. The second kappa shape index (κ2) is 7.47. The van der Waals surface area contributed by atoms with E-state index in [1.165, 1.54) is 18.7 Å². The molecule has 2 rings (SSSR count). The van der Waals surface area contributed by atoms with Crippen LogP contribution in [0.4, 0.5) is 4.79 Å². The van der Waals surface area contributed by atoms with Crippen LogP contribution in [-0.4, -0.2) is 65.2 Å². The molecule has 134 valence electrons. The Morgan fingerprint density at radius 2 is 2.00 bits per heavy atom. The number of alkyl halides is 1. The Balaban J connectivity index is 2.15. The molecule has 3 amide bonds. The van der Waals surface area contributed by atoms with Crippen LogP contribution in [0, 0.1) is 5.92 Å². The number of hydrogen-bond acceptors (Lipinski definition) is 7. The van der Waals surface area contributed by atoms with E-state index in [2.05, 4.69) is 21.2 Å². The van der Waals surface area contributed by atoms with Crippen molar-refractivity contribution in [1.29, 1.82) is 0 Å². The minimum Gasteiger partial charge on any atom is -0.463 e. The van der Waals surface area contributed by atoms with Gasteiger partial charge in [0.05, 0.1) is 10.7 Å².